The van der Waals surface area contributed by atoms with Crippen molar-refractivity contribution < 1.29 is 0 Å². The largest absolute Gasteiger partial charge is 0.309 e. The molecule has 0 radical (unpaired) electrons. The molecule has 0 aliphatic carbocycles. The van der Waals surface area contributed by atoms with Gasteiger partial charge in [-0.25, -0.2) is 6.57 Å². The number of hydrogen-bond donors (Lipinski definition) is 0. The molecule has 1 unspecified atom stereocenters. The first-order valence-electron chi connectivity index (χ1n) is 3.67. The Hall–Kier alpha value is -1.29. The number of aryl methyl sites for hydroxylation is 1. The molecule has 11 heavy (non-hydrogen) atoms. The van der Waals surface area contributed by atoms with Gasteiger partial charge in [0.1, 0.15) is 0 Å². The Morgan fingerprint density at radius 2 is 1.82 bits per heavy atom. The van der Waals surface area contributed by atoms with Crippen LogP contribution in [0.15, 0.2) is 24.3 Å². The highest BCUT2D eigenvalue weighted by atomic mass is 14.7. The zero-order valence-corrected chi connectivity index (χ0v) is 6.83. The molecule has 1 rings (SSSR count). The molecule has 0 fully saturated rings. The molecule has 0 aromatic heterocycles. The molecule has 1 aromatic rings. The fourth-order valence-corrected chi connectivity index (χ4v) is 0.920. The van der Waals surface area contributed by atoms with Gasteiger partial charge in [-0.1, -0.05) is 29.8 Å². The third kappa shape index (κ3) is 1.81. The highest BCUT2D eigenvalue weighted by Gasteiger charge is 2.05. The van der Waals surface area contributed by atoms with Gasteiger partial charge in [-0.2, -0.15) is 0 Å². The molecular formula is C10H11N. The fraction of sp³-hybridized carbons (Fsp3) is 0.300. The zero-order valence-electron chi connectivity index (χ0n) is 6.83. The van der Waals surface area contributed by atoms with Gasteiger partial charge in [0.15, 0.2) is 0 Å². The normalized spacial score (nSPS) is 12.1. The lowest BCUT2D eigenvalue weighted by Crippen LogP contribution is -1.85. The van der Waals surface area contributed by atoms with Crippen LogP contribution in [-0.4, -0.2) is 0 Å². The number of rotatable bonds is 1. The molecule has 1 aromatic carbocycles. The molecule has 0 spiro atoms. The highest BCUT2D eigenvalue weighted by Crippen LogP contribution is 2.16. The maximum absolute atomic E-state index is 6.82. The van der Waals surface area contributed by atoms with Crippen molar-refractivity contribution in [1.29, 1.82) is 0 Å². The predicted octanol–water partition coefficient (Wildman–Crippen LogP) is 2.98. The summed E-state index contributed by atoms with van der Waals surface area (Å²) in [5.74, 6) is 0. The van der Waals surface area contributed by atoms with Crippen molar-refractivity contribution in [1.82, 2.24) is 0 Å². The van der Waals surface area contributed by atoms with Gasteiger partial charge in [-0.15, -0.1) is 0 Å². The molecule has 0 aliphatic heterocycles. The summed E-state index contributed by atoms with van der Waals surface area (Å²) in [5.41, 5.74) is 2.34. The molecule has 0 heterocycles. The van der Waals surface area contributed by atoms with Crippen LogP contribution in [-0.2, 0) is 0 Å². The fourth-order valence-electron chi connectivity index (χ4n) is 0.920. The monoisotopic (exact) mass is 145 g/mol. The van der Waals surface area contributed by atoms with E-state index in [1.165, 1.54) is 5.56 Å². The van der Waals surface area contributed by atoms with Gasteiger partial charge in [0.2, 0.25) is 6.04 Å². The molecule has 1 atom stereocenters. The van der Waals surface area contributed by atoms with E-state index >= 15 is 0 Å². The summed E-state index contributed by atoms with van der Waals surface area (Å²) in [6.07, 6.45) is 0. The summed E-state index contributed by atoms with van der Waals surface area (Å²) in [6.45, 7) is 10.8. The van der Waals surface area contributed by atoms with Gasteiger partial charge < -0.3 is 4.85 Å². The number of nitrogens with zero attached hydrogens (tertiary/aromatic N) is 1. The highest BCUT2D eigenvalue weighted by molar-refractivity contribution is 5.25. The summed E-state index contributed by atoms with van der Waals surface area (Å²) in [6, 6.07) is 8.10. The van der Waals surface area contributed by atoms with E-state index in [9.17, 15) is 0 Å². The molecular weight excluding hydrogens is 134 g/mol. The smallest absolute Gasteiger partial charge is 0.245 e. The summed E-state index contributed by atoms with van der Waals surface area (Å²) in [4.78, 5) is 3.44. The summed E-state index contributed by atoms with van der Waals surface area (Å²) < 4.78 is 0. The minimum absolute atomic E-state index is 0.00407. The van der Waals surface area contributed by atoms with Crippen molar-refractivity contribution in [2.24, 2.45) is 0 Å². The standard InChI is InChI=1S/C10H11N/c1-8-4-6-10(7-5-8)9(2)11-3/h4-7,9H,1-2H3. The maximum Gasteiger partial charge on any atom is 0.245 e. The molecule has 0 amide bonds. The lowest BCUT2D eigenvalue weighted by molar-refractivity contribution is 0.960. The SMILES string of the molecule is [C-]#[N+]C(C)c1ccc(C)cc1. The van der Waals surface area contributed by atoms with E-state index in [1.54, 1.807) is 0 Å². The summed E-state index contributed by atoms with van der Waals surface area (Å²) >= 11 is 0. The molecule has 1 heteroatoms. The van der Waals surface area contributed by atoms with Crippen LogP contribution in [0.4, 0.5) is 0 Å². The van der Waals surface area contributed by atoms with E-state index < -0.39 is 0 Å². The number of benzene rings is 1. The molecule has 0 aliphatic rings. The van der Waals surface area contributed by atoms with E-state index in [2.05, 4.69) is 4.85 Å². The van der Waals surface area contributed by atoms with Gasteiger partial charge in [0, 0.05) is 12.5 Å². The Bertz CT molecular complexity index is 266. The molecule has 0 saturated heterocycles. The van der Waals surface area contributed by atoms with E-state index in [0.29, 0.717) is 0 Å². The second-order valence-corrected chi connectivity index (χ2v) is 2.72. The average Bonchev–Trinajstić information content (AvgIpc) is 2.05. The first-order valence-corrected chi connectivity index (χ1v) is 3.67. The molecule has 1 nitrogen and oxygen atoms in total. The van der Waals surface area contributed by atoms with Crippen molar-refractivity contribution in [2.45, 2.75) is 19.9 Å². The Morgan fingerprint density at radius 3 is 2.27 bits per heavy atom. The minimum atomic E-state index is -0.00407. The molecule has 0 N–H and O–H groups in total. The Labute approximate surface area is 67.5 Å². The molecule has 0 saturated carbocycles. The number of hydrogen-bond acceptors (Lipinski definition) is 0. The molecule has 56 valence electrons. The lowest BCUT2D eigenvalue weighted by Gasteiger charge is -1.98. The third-order valence-corrected chi connectivity index (χ3v) is 1.75. The third-order valence-electron chi connectivity index (χ3n) is 1.75. The average molecular weight is 145 g/mol. The zero-order chi connectivity index (χ0) is 8.27. The van der Waals surface area contributed by atoms with Crippen molar-refractivity contribution in [3.05, 3.63) is 46.8 Å². The summed E-state index contributed by atoms with van der Waals surface area (Å²) in [5, 5.41) is 0. The van der Waals surface area contributed by atoms with Crippen LogP contribution < -0.4 is 0 Å². The summed E-state index contributed by atoms with van der Waals surface area (Å²) in [7, 11) is 0. The van der Waals surface area contributed by atoms with Crippen molar-refractivity contribution in [3.8, 4) is 0 Å². The lowest BCUT2D eigenvalue weighted by atomic mass is 10.1. The Kier molecular flexibility index (Phi) is 2.28. The van der Waals surface area contributed by atoms with Crippen LogP contribution in [0, 0.1) is 13.5 Å². The van der Waals surface area contributed by atoms with Crippen molar-refractivity contribution in [2.75, 3.05) is 0 Å². The topological polar surface area (TPSA) is 4.36 Å². The van der Waals surface area contributed by atoms with Gasteiger partial charge in [0.25, 0.3) is 0 Å². The van der Waals surface area contributed by atoms with Crippen LogP contribution >= 0.6 is 0 Å². The first-order chi connectivity index (χ1) is 5.24. The molecule has 0 bridgehead atoms. The maximum atomic E-state index is 6.82. The van der Waals surface area contributed by atoms with Crippen molar-refractivity contribution in [3.63, 3.8) is 0 Å². The van der Waals surface area contributed by atoms with Crippen LogP contribution in [0.5, 0.6) is 0 Å². The van der Waals surface area contributed by atoms with Gasteiger partial charge in [-0.05, 0) is 6.92 Å². The Balaban J connectivity index is 2.92. The van der Waals surface area contributed by atoms with Crippen molar-refractivity contribution >= 4 is 0 Å². The van der Waals surface area contributed by atoms with Gasteiger partial charge in [0.05, 0.1) is 0 Å². The van der Waals surface area contributed by atoms with E-state index in [0.717, 1.165) is 5.56 Å². The van der Waals surface area contributed by atoms with Gasteiger partial charge >= 0.3 is 0 Å². The van der Waals surface area contributed by atoms with E-state index in [1.807, 2.05) is 38.1 Å². The first kappa shape index (κ1) is 7.81. The van der Waals surface area contributed by atoms with Crippen LogP contribution in [0.3, 0.4) is 0 Å². The predicted molar refractivity (Wildman–Crippen MR) is 46.2 cm³/mol. The second kappa shape index (κ2) is 3.21. The second-order valence-electron chi connectivity index (χ2n) is 2.72. The van der Waals surface area contributed by atoms with Gasteiger partial charge in [-0.3, -0.25) is 0 Å². The quantitative estimate of drug-likeness (QED) is 0.535. The van der Waals surface area contributed by atoms with Crippen LogP contribution in [0.1, 0.15) is 24.1 Å². The Morgan fingerprint density at radius 1 is 1.27 bits per heavy atom. The van der Waals surface area contributed by atoms with E-state index in [-0.39, 0.29) is 6.04 Å². The van der Waals surface area contributed by atoms with E-state index in [4.69, 9.17) is 6.57 Å². The van der Waals surface area contributed by atoms with Crippen LogP contribution in [0.25, 0.3) is 4.85 Å². The van der Waals surface area contributed by atoms with Crippen LogP contribution in [0.2, 0.25) is 0 Å². The minimum Gasteiger partial charge on any atom is -0.309 e.